The second-order valence-corrected chi connectivity index (χ2v) is 9.42. The Morgan fingerprint density at radius 2 is 1.79 bits per heavy atom. The summed E-state index contributed by atoms with van der Waals surface area (Å²) in [4.78, 5) is 19.8. The van der Waals surface area contributed by atoms with Gasteiger partial charge in [-0.25, -0.2) is 0 Å². The van der Waals surface area contributed by atoms with Crippen LogP contribution in [0.5, 0.6) is 11.5 Å². The first-order valence-corrected chi connectivity index (χ1v) is 11.7. The number of nitrogens with zero attached hydrogens (tertiary/aromatic N) is 4. The molecule has 2 aliphatic heterocycles. The minimum atomic E-state index is -0.218. The lowest BCUT2D eigenvalue weighted by Crippen LogP contribution is -2.43. The van der Waals surface area contributed by atoms with Gasteiger partial charge in [-0.3, -0.25) is 9.69 Å². The summed E-state index contributed by atoms with van der Waals surface area (Å²) in [5.41, 5.74) is 3.66. The lowest BCUT2D eigenvalue weighted by atomic mass is 10.00. The van der Waals surface area contributed by atoms with E-state index in [1.807, 2.05) is 24.3 Å². The Balaban J connectivity index is 1.30. The topological polar surface area (TPSA) is 93.3 Å². The van der Waals surface area contributed by atoms with Crippen LogP contribution in [0.15, 0.2) is 40.9 Å². The normalized spacial score (nSPS) is 17.1. The first kappa shape index (κ1) is 22.7. The number of phenols is 2. The molecule has 1 aromatic heterocycles. The molecule has 0 spiro atoms. The van der Waals surface area contributed by atoms with E-state index in [-0.39, 0.29) is 22.4 Å². The molecule has 3 heterocycles. The van der Waals surface area contributed by atoms with E-state index in [1.165, 1.54) is 17.7 Å². The third-order valence-electron chi connectivity index (χ3n) is 6.64. The molecule has 0 aliphatic carbocycles. The largest absolute Gasteiger partial charge is 0.507 e. The minimum Gasteiger partial charge on any atom is -0.507 e. The fourth-order valence-electron chi connectivity index (χ4n) is 4.53. The van der Waals surface area contributed by atoms with E-state index < -0.39 is 0 Å². The van der Waals surface area contributed by atoms with E-state index in [1.54, 1.807) is 4.90 Å². The van der Waals surface area contributed by atoms with Crippen molar-refractivity contribution in [1.82, 2.24) is 19.9 Å². The number of carbonyl (C=O) groups is 1. The zero-order valence-corrected chi connectivity index (χ0v) is 19.8. The van der Waals surface area contributed by atoms with Crippen molar-refractivity contribution < 1.29 is 19.5 Å². The van der Waals surface area contributed by atoms with Crippen LogP contribution in [0, 0.1) is 0 Å². The van der Waals surface area contributed by atoms with Gasteiger partial charge < -0.3 is 24.5 Å². The molecule has 5 rings (SSSR count). The average Bonchev–Trinajstić information content (AvgIpc) is 3.26. The third-order valence-corrected chi connectivity index (χ3v) is 6.94. The number of amides is 1. The predicted molar refractivity (Wildman–Crippen MR) is 128 cm³/mol. The summed E-state index contributed by atoms with van der Waals surface area (Å²) in [7, 11) is 2.15. The average molecular weight is 483 g/mol. The van der Waals surface area contributed by atoms with Crippen LogP contribution in [-0.2, 0) is 19.5 Å². The highest BCUT2D eigenvalue weighted by molar-refractivity contribution is 6.32. The number of aromatic nitrogens is 1. The number of aromatic hydroxyl groups is 2. The van der Waals surface area contributed by atoms with Crippen LogP contribution >= 0.6 is 11.6 Å². The number of fused-ring (bicyclic) bond motifs is 1. The number of rotatable bonds is 4. The smallest absolute Gasteiger partial charge is 0.254 e. The molecule has 1 saturated heterocycles. The van der Waals surface area contributed by atoms with E-state index in [9.17, 15) is 15.0 Å². The van der Waals surface area contributed by atoms with Gasteiger partial charge in [-0.05, 0) is 30.8 Å². The quantitative estimate of drug-likeness (QED) is 0.589. The van der Waals surface area contributed by atoms with Crippen LogP contribution < -0.4 is 0 Å². The van der Waals surface area contributed by atoms with Gasteiger partial charge in [-0.15, -0.1) is 0 Å². The monoisotopic (exact) mass is 482 g/mol. The Hall–Kier alpha value is -3.07. The van der Waals surface area contributed by atoms with E-state index in [4.69, 9.17) is 16.1 Å². The molecule has 2 N–H and O–H groups in total. The molecular formula is C25H27ClN4O4. The molecular weight excluding hydrogens is 456 g/mol. The zero-order valence-electron chi connectivity index (χ0n) is 19.0. The SMILES string of the molecule is CN1CCN(Cc2ccc(C(=O)N3CCc4noc(-c5cc(Cl)c(O)cc5O)c4C3)cc2)CC1. The van der Waals surface area contributed by atoms with E-state index >= 15 is 0 Å². The van der Waals surface area contributed by atoms with Crippen molar-refractivity contribution in [2.45, 2.75) is 19.5 Å². The van der Waals surface area contributed by atoms with E-state index in [0.29, 0.717) is 36.4 Å². The number of hydrogen-bond acceptors (Lipinski definition) is 7. The number of benzene rings is 2. The molecule has 1 amide bonds. The summed E-state index contributed by atoms with van der Waals surface area (Å²) >= 11 is 6.03. The zero-order chi connectivity index (χ0) is 23.8. The van der Waals surface area contributed by atoms with Gasteiger partial charge in [-0.2, -0.15) is 0 Å². The molecule has 0 unspecified atom stereocenters. The van der Waals surface area contributed by atoms with Gasteiger partial charge in [-0.1, -0.05) is 28.9 Å². The third kappa shape index (κ3) is 4.49. The highest BCUT2D eigenvalue weighted by atomic mass is 35.5. The predicted octanol–water partition coefficient (Wildman–Crippen LogP) is 3.35. The molecule has 2 aliphatic rings. The number of phenolic OH excluding ortho intramolecular Hbond substituents is 2. The summed E-state index contributed by atoms with van der Waals surface area (Å²) in [6.07, 6.45) is 0.554. The van der Waals surface area contributed by atoms with Crippen molar-refractivity contribution in [1.29, 1.82) is 0 Å². The maximum atomic E-state index is 13.2. The molecule has 0 atom stereocenters. The highest BCUT2D eigenvalue weighted by Gasteiger charge is 2.29. The van der Waals surface area contributed by atoms with Crippen LogP contribution in [0.4, 0.5) is 0 Å². The standard InChI is InChI=1S/C25H27ClN4O4/c1-28-8-10-29(11-9-28)14-16-2-4-17(5-3-16)25(33)30-7-6-21-19(15-30)24(34-27-21)18-12-20(26)23(32)13-22(18)31/h2-5,12-13,31-32H,6-11,14-15H2,1H3. The fourth-order valence-corrected chi connectivity index (χ4v) is 4.69. The van der Waals surface area contributed by atoms with Gasteiger partial charge >= 0.3 is 0 Å². The molecule has 1 fully saturated rings. The number of carbonyl (C=O) groups excluding carboxylic acids is 1. The number of likely N-dealkylation sites (N-methyl/N-ethyl adjacent to an activating group) is 1. The molecule has 8 nitrogen and oxygen atoms in total. The van der Waals surface area contributed by atoms with Crippen LogP contribution in [0.1, 0.15) is 27.2 Å². The summed E-state index contributed by atoms with van der Waals surface area (Å²) in [6, 6.07) is 10.5. The minimum absolute atomic E-state index is 0.0584. The van der Waals surface area contributed by atoms with Gasteiger partial charge in [0.15, 0.2) is 5.76 Å². The Labute approximate surface area is 202 Å². The van der Waals surface area contributed by atoms with Crippen molar-refractivity contribution >= 4 is 17.5 Å². The molecule has 0 radical (unpaired) electrons. The maximum absolute atomic E-state index is 13.2. The number of hydrogen-bond donors (Lipinski definition) is 2. The van der Waals surface area contributed by atoms with Gasteiger partial charge in [0.05, 0.1) is 22.8 Å². The van der Waals surface area contributed by atoms with Crippen LogP contribution in [-0.4, -0.2) is 75.7 Å². The fraction of sp³-hybridized carbons (Fsp3) is 0.360. The van der Waals surface area contributed by atoms with Crippen molar-refractivity contribution in [3.8, 4) is 22.8 Å². The van der Waals surface area contributed by atoms with Gasteiger partial charge in [0, 0.05) is 62.9 Å². The lowest BCUT2D eigenvalue weighted by Gasteiger charge is -2.32. The summed E-state index contributed by atoms with van der Waals surface area (Å²) in [5.74, 6) is -0.0873. The second-order valence-electron chi connectivity index (χ2n) is 9.01. The lowest BCUT2D eigenvalue weighted by molar-refractivity contribution is 0.0734. The molecule has 0 saturated carbocycles. The van der Waals surface area contributed by atoms with Crippen molar-refractivity contribution in [2.75, 3.05) is 39.8 Å². The van der Waals surface area contributed by atoms with Gasteiger partial charge in [0.1, 0.15) is 11.5 Å². The Kier molecular flexibility index (Phi) is 6.20. The molecule has 34 heavy (non-hydrogen) atoms. The van der Waals surface area contributed by atoms with Crippen LogP contribution in [0.3, 0.4) is 0 Å². The van der Waals surface area contributed by atoms with Crippen LogP contribution in [0.2, 0.25) is 5.02 Å². The Bertz CT molecular complexity index is 1200. The molecule has 0 bridgehead atoms. The molecule has 3 aromatic rings. The van der Waals surface area contributed by atoms with Crippen molar-refractivity contribution in [3.63, 3.8) is 0 Å². The van der Waals surface area contributed by atoms with E-state index in [0.717, 1.165) is 44.0 Å². The van der Waals surface area contributed by atoms with Gasteiger partial charge in [0.25, 0.3) is 5.91 Å². The maximum Gasteiger partial charge on any atom is 0.254 e. The van der Waals surface area contributed by atoms with Crippen molar-refractivity contribution in [3.05, 3.63) is 63.8 Å². The van der Waals surface area contributed by atoms with Gasteiger partial charge in [0.2, 0.25) is 0 Å². The summed E-state index contributed by atoms with van der Waals surface area (Å²) in [5, 5.41) is 24.3. The first-order valence-electron chi connectivity index (χ1n) is 11.4. The summed E-state index contributed by atoms with van der Waals surface area (Å²) in [6.45, 7) is 5.99. The second kappa shape index (κ2) is 9.29. The van der Waals surface area contributed by atoms with Crippen molar-refractivity contribution in [2.24, 2.45) is 0 Å². The van der Waals surface area contributed by atoms with Crippen LogP contribution in [0.25, 0.3) is 11.3 Å². The Morgan fingerprint density at radius 3 is 2.53 bits per heavy atom. The van der Waals surface area contributed by atoms with E-state index in [2.05, 4.69) is 22.0 Å². The first-order chi connectivity index (χ1) is 16.4. The number of halogens is 1. The molecule has 178 valence electrons. The Morgan fingerprint density at radius 1 is 1.06 bits per heavy atom. The number of piperazine rings is 1. The highest BCUT2D eigenvalue weighted by Crippen LogP contribution is 2.40. The summed E-state index contributed by atoms with van der Waals surface area (Å²) < 4.78 is 5.51. The molecule has 9 heteroatoms. The molecule has 2 aromatic carbocycles.